The number of nitrogens with one attached hydrogen (secondary N) is 2. The van der Waals surface area contributed by atoms with Crippen molar-refractivity contribution >= 4 is 39.1 Å². The van der Waals surface area contributed by atoms with Crippen LogP contribution in [0.5, 0.6) is 0 Å². The monoisotopic (exact) mass is 352 g/mol. The van der Waals surface area contributed by atoms with Crippen molar-refractivity contribution in [3.05, 3.63) is 28.2 Å². The minimum absolute atomic E-state index is 0.0373. The van der Waals surface area contributed by atoms with E-state index in [1.165, 1.54) is 25.1 Å². The van der Waals surface area contributed by atoms with Crippen LogP contribution >= 0.6 is 23.2 Å². The Hall–Kier alpha value is -0.820. The van der Waals surface area contributed by atoms with E-state index in [2.05, 4.69) is 10.0 Å². The number of rotatable bonds is 4. The van der Waals surface area contributed by atoms with Crippen molar-refractivity contribution in [2.24, 2.45) is 0 Å². The normalized spacial score (nSPS) is 13.8. The fourth-order valence-corrected chi connectivity index (χ4v) is 3.48. The topological polar surface area (TPSA) is 75.3 Å². The van der Waals surface area contributed by atoms with Gasteiger partial charge >= 0.3 is 0 Å². The lowest BCUT2D eigenvalue weighted by Crippen LogP contribution is -2.50. The third-order valence-corrected chi connectivity index (χ3v) is 4.66. The van der Waals surface area contributed by atoms with E-state index in [0.29, 0.717) is 0 Å². The molecular weight excluding hydrogens is 335 g/mol. The maximum atomic E-state index is 12.3. The molecule has 118 valence electrons. The molecule has 0 saturated heterocycles. The van der Waals surface area contributed by atoms with E-state index >= 15 is 0 Å². The molecule has 0 aliphatic carbocycles. The zero-order valence-electron chi connectivity index (χ0n) is 12.2. The Morgan fingerprint density at radius 3 is 2.33 bits per heavy atom. The van der Waals surface area contributed by atoms with Crippen LogP contribution in [0.4, 0.5) is 0 Å². The first-order valence-corrected chi connectivity index (χ1v) is 8.46. The van der Waals surface area contributed by atoms with Crippen LogP contribution in [0.15, 0.2) is 23.1 Å². The molecule has 0 spiro atoms. The van der Waals surface area contributed by atoms with Gasteiger partial charge in [-0.2, -0.15) is 4.72 Å². The van der Waals surface area contributed by atoms with Crippen molar-refractivity contribution in [3.63, 3.8) is 0 Å². The molecule has 0 unspecified atom stereocenters. The maximum Gasteiger partial charge on any atom is 0.242 e. The summed E-state index contributed by atoms with van der Waals surface area (Å²) >= 11 is 11.7. The first-order chi connectivity index (χ1) is 9.42. The molecule has 0 fully saturated rings. The predicted octanol–water partition coefficient (Wildman–Crippen LogP) is 2.57. The van der Waals surface area contributed by atoms with Crippen LogP contribution in [0.3, 0.4) is 0 Å². The SMILES string of the molecule is C[C@@H](NS(=O)(=O)c1cc(Cl)ccc1Cl)C(=O)NC(C)(C)C. The van der Waals surface area contributed by atoms with E-state index in [9.17, 15) is 13.2 Å². The van der Waals surface area contributed by atoms with Gasteiger partial charge < -0.3 is 5.32 Å². The quantitative estimate of drug-likeness (QED) is 0.874. The zero-order valence-corrected chi connectivity index (χ0v) is 14.5. The standard InChI is InChI=1S/C13H18Cl2N2O3S/c1-8(12(18)16-13(2,3)4)17-21(19,20)11-7-9(14)5-6-10(11)15/h5-8,17H,1-4H3,(H,16,18)/t8-/m1/s1. The summed E-state index contributed by atoms with van der Waals surface area (Å²) in [5, 5.41) is 2.97. The second-order valence-corrected chi connectivity index (χ2v) is 8.18. The average Bonchev–Trinajstić information content (AvgIpc) is 2.29. The van der Waals surface area contributed by atoms with E-state index in [1.54, 1.807) is 20.8 Å². The molecule has 5 nitrogen and oxygen atoms in total. The van der Waals surface area contributed by atoms with Gasteiger partial charge in [0.2, 0.25) is 15.9 Å². The van der Waals surface area contributed by atoms with Gasteiger partial charge in [0.1, 0.15) is 4.90 Å². The summed E-state index contributed by atoms with van der Waals surface area (Å²) in [5.41, 5.74) is -0.454. The van der Waals surface area contributed by atoms with Crippen molar-refractivity contribution in [1.82, 2.24) is 10.0 Å². The van der Waals surface area contributed by atoms with Crippen LogP contribution in [0.1, 0.15) is 27.7 Å². The molecule has 1 aromatic carbocycles. The summed E-state index contributed by atoms with van der Waals surface area (Å²) in [6.07, 6.45) is 0. The highest BCUT2D eigenvalue weighted by molar-refractivity contribution is 7.89. The van der Waals surface area contributed by atoms with E-state index in [4.69, 9.17) is 23.2 Å². The molecule has 1 aromatic rings. The third kappa shape index (κ3) is 5.47. The lowest BCUT2D eigenvalue weighted by atomic mass is 10.1. The average molecular weight is 353 g/mol. The van der Waals surface area contributed by atoms with Gasteiger partial charge in [-0.3, -0.25) is 4.79 Å². The molecular formula is C13H18Cl2N2O3S. The maximum absolute atomic E-state index is 12.3. The highest BCUT2D eigenvalue weighted by Gasteiger charge is 2.26. The van der Waals surface area contributed by atoms with Gasteiger partial charge in [-0.1, -0.05) is 23.2 Å². The Balaban J connectivity index is 2.95. The zero-order chi connectivity index (χ0) is 16.4. The first kappa shape index (κ1) is 18.2. The molecule has 2 N–H and O–H groups in total. The summed E-state index contributed by atoms with van der Waals surface area (Å²) < 4.78 is 26.8. The molecule has 1 amide bonds. The van der Waals surface area contributed by atoms with Crippen molar-refractivity contribution in [2.75, 3.05) is 0 Å². The summed E-state index contributed by atoms with van der Waals surface area (Å²) in [7, 11) is -3.94. The molecule has 0 aromatic heterocycles. The molecule has 0 bridgehead atoms. The Labute approximate surface area is 135 Å². The number of halogens is 2. The van der Waals surface area contributed by atoms with Crippen molar-refractivity contribution < 1.29 is 13.2 Å². The largest absolute Gasteiger partial charge is 0.350 e. The van der Waals surface area contributed by atoms with Gasteiger partial charge in [-0.05, 0) is 45.9 Å². The van der Waals surface area contributed by atoms with Gasteiger partial charge in [-0.15, -0.1) is 0 Å². The van der Waals surface area contributed by atoms with E-state index < -0.39 is 27.5 Å². The molecule has 0 radical (unpaired) electrons. The lowest BCUT2D eigenvalue weighted by Gasteiger charge is -2.23. The minimum atomic E-state index is -3.94. The number of amides is 1. The predicted molar refractivity (Wildman–Crippen MR) is 84.1 cm³/mol. The molecule has 0 heterocycles. The minimum Gasteiger partial charge on any atom is -0.350 e. The fraction of sp³-hybridized carbons (Fsp3) is 0.462. The molecule has 21 heavy (non-hydrogen) atoms. The Morgan fingerprint density at radius 2 is 1.81 bits per heavy atom. The molecule has 1 rings (SSSR count). The van der Waals surface area contributed by atoms with Crippen LogP contribution in [0, 0.1) is 0 Å². The molecule has 1 atom stereocenters. The second-order valence-electron chi connectivity index (χ2n) is 5.66. The molecule has 0 aliphatic heterocycles. The van der Waals surface area contributed by atoms with Gasteiger partial charge in [-0.25, -0.2) is 8.42 Å². The van der Waals surface area contributed by atoms with Crippen LogP contribution in [-0.2, 0) is 14.8 Å². The molecule has 0 aliphatic rings. The smallest absolute Gasteiger partial charge is 0.242 e. The Bertz CT molecular complexity index is 639. The van der Waals surface area contributed by atoms with E-state index in [1.807, 2.05) is 0 Å². The number of carbonyl (C=O) groups excluding carboxylic acids is 1. The van der Waals surface area contributed by atoms with Crippen LogP contribution in [0.25, 0.3) is 0 Å². The number of hydrogen-bond acceptors (Lipinski definition) is 3. The number of sulfonamides is 1. The fourth-order valence-electron chi connectivity index (χ4n) is 1.51. The van der Waals surface area contributed by atoms with Crippen LogP contribution < -0.4 is 10.0 Å². The Morgan fingerprint density at radius 1 is 1.24 bits per heavy atom. The van der Waals surface area contributed by atoms with Gasteiger partial charge in [0, 0.05) is 10.6 Å². The lowest BCUT2D eigenvalue weighted by molar-refractivity contribution is -0.123. The van der Waals surface area contributed by atoms with Crippen LogP contribution in [-0.4, -0.2) is 25.9 Å². The molecule has 0 saturated carbocycles. The third-order valence-electron chi connectivity index (χ3n) is 2.41. The Kier molecular flexibility index (Phi) is 5.66. The summed E-state index contributed by atoms with van der Waals surface area (Å²) in [5.74, 6) is -0.427. The van der Waals surface area contributed by atoms with E-state index in [0.717, 1.165) is 0 Å². The van der Waals surface area contributed by atoms with Crippen molar-refractivity contribution in [3.8, 4) is 0 Å². The summed E-state index contributed by atoms with van der Waals surface area (Å²) in [6.45, 7) is 6.87. The summed E-state index contributed by atoms with van der Waals surface area (Å²) in [4.78, 5) is 11.8. The van der Waals surface area contributed by atoms with E-state index in [-0.39, 0.29) is 14.9 Å². The first-order valence-electron chi connectivity index (χ1n) is 6.22. The van der Waals surface area contributed by atoms with Gasteiger partial charge in [0.15, 0.2) is 0 Å². The van der Waals surface area contributed by atoms with Crippen LogP contribution in [0.2, 0.25) is 10.0 Å². The number of carbonyl (C=O) groups is 1. The van der Waals surface area contributed by atoms with Gasteiger partial charge in [0.25, 0.3) is 0 Å². The van der Waals surface area contributed by atoms with Gasteiger partial charge in [0.05, 0.1) is 11.1 Å². The summed E-state index contributed by atoms with van der Waals surface area (Å²) in [6, 6.07) is 3.17. The highest BCUT2D eigenvalue weighted by Crippen LogP contribution is 2.25. The molecule has 8 heteroatoms. The highest BCUT2D eigenvalue weighted by atomic mass is 35.5. The number of hydrogen-bond donors (Lipinski definition) is 2. The van der Waals surface area contributed by atoms with Crippen molar-refractivity contribution in [1.29, 1.82) is 0 Å². The second kappa shape index (κ2) is 6.52. The number of benzene rings is 1. The van der Waals surface area contributed by atoms with Crippen molar-refractivity contribution in [2.45, 2.75) is 44.2 Å².